The molecule has 0 heterocycles. The van der Waals surface area contributed by atoms with Crippen molar-refractivity contribution in [2.24, 2.45) is 5.73 Å². The standard InChI is InChI=1S/C14H13NO3/c15-13(17)14(7-2-8-14)18-12(16)11-6-5-9-3-1-4-10(9)11/h1,3-6H,2,7-8H2,(H2,15,17). The van der Waals surface area contributed by atoms with E-state index in [1.807, 2.05) is 24.3 Å². The highest BCUT2D eigenvalue weighted by Crippen LogP contribution is 2.38. The van der Waals surface area contributed by atoms with Crippen molar-refractivity contribution in [3.8, 4) is 0 Å². The van der Waals surface area contributed by atoms with E-state index in [1.165, 1.54) is 0 Å². The second kappa shape index (κ2) is 3.70. The molecule has 0 spiro atoms. The van der Waals surface area contributed by atoms with Crippen molar-refractivity contribution in [3.63, 3.8) is 0 Å². The normalized spacial score (nSPS) is 22.6. The van der Waals surface area contributed by atoms with Gasteiger partial charge in [0.05, 0.1) is 5.57 Å². The maximum atomic E-state index is 12.1. The first-order valence-electron chi connectivity index (χ1n) is 5.97. The van der Waals surface area contributed by atoms with E-state index >= 15 is 0 Å². The van der Waals surface area contributed by atoms with Gasteiger partial charge in [-0.25, -0.2) is 4.79 Å². The van der Waals surface area contributed by atoms with E-state index in [0.717, 1.165) is 17.6 Å². The fraction of sp³-hybridized carbons (Fsp3) is 0.286. The first-order chi connectivity index (χ1) is 8.62. The molecule has 4 heteroatoms. The molecule has 2 N–H and O–H groups in total. The molecule has 3 aliphatic carbocycles. The highest BCUT2D eigenvalue weighted by Gasteiger charge is 2.47. The van der Waals surface area contributed by atoms with Crippen LogP contribution in [-0.2, 0) is 14.3 Å². The first kappa shape index (κ1) is 11.0. The van der Waals surface area contributed by atoms with Gasteiger partial charge in [0.1, 0.15) is 0 Å². The Kier molecular flexibility index (Phi) is 2.26. The van der Waals surface area contributed by atoms with E-state index in [2.05, 4.69) is 0 Å². The number of ether oxygens (including phenoxy) is 1. The Labute approximate surface area is 104 Å². The van der Waals surface area contributed by atoms with Crippen LogP contribution in [0.5, 0.6) is 0 Å². The van der Waals surface area contributed by atoms with Crippen LogP contribution >= 0.6 is 0 Å². The minimum absolute atomic E-state index is 0.463. The fourth-order valence-corrected chi connectivity index (χ4v) is 2.39. The van der Waals surface area contributed by atoms with Gasteiger partial charge in [0.2, 0.25) is 0 Å². The molecule has 0 saturated heterocycles. The summed E-state index contributed by atoms with van der Waals surface area (Å²) in [6.07, 6.45) is 11.2. The van der Waals surface area contributed by atoms with Gasteiger partial charge in [-0.05, 0) is 36.5 Å². The number of amides is 1. The zero-order valence-corrected chi connectivity index (χ0v) is 9.81. The predicted molar refractivity (Wildman–Crippen MR) is 65.3 cm³/mol. The Morgan fingerprint density at radius 2 is 2.00 bits per heavy atom. The topological polar surface area (TPSA) is 69.4 Å². The second-order valence-corrected chi connectivity index (χ2v) is 4.74. The van der Waals surface area contributed by atoms with Gasteiger partial charge >= 0.3 is 5.97 Å². The van der Waals surface area contributed by atoms with Gasteiger partial charge < -0.3 is 10.5 Å². The molecule has 1 amide bonds. The molecule has 0 unspecified atom stereocenters. The van der Waals surface area contributed by atoms with Crippen LogP contribution in [0, 0.1) is 0 Å². The van der Waals surface area contributed by atoms with Crippen LogP contribution in [0.4, 0.5) is 0 Å². The van der Waals surface area contributed by atoms with E-state index < -0.39 is 17.5 Å². The van der Waals surface area contributed by atoms with E-state index in [0.29, 0.717) is 18.4 Å². The average Bonchev–Trinajstić information content (AvgIpc) is 2.83. The van der Waals surface area contributed by atoms with Crippen molar-refractivity contribution < 1.29 is 14.3 Å². The molecule has 92 valence electrons. The number of hydrogen-bond donors (Lipinski definition) is 1. The molecular weight excluding hydrogens is 230 g/mol. The van der Waals surface area contributed by atoms with Crippen LogP contribution in [0.1, 0.15) is 19.3 Å². The minimum atomic E-state index is -1.08. The van der Waals surface area contributed by atoms with Gasteiger partial charge in [0.25, 0.3) is 5.91 Å². The molecule has 1 fully saturated rings. The van der Waals surface area contributed by atoms with E-state index in [-0.39, 0.29) is 0 Å². The maximum Gasteiger partial charge on any atom is 0.339 e. The van der Waals surface area contributed by atoms with Crippen LogP contribution < -0.4 is 5.73 Å². The quantitative estimate of drug-likeness (QED) is 0.759. The summed E-state index contributed by atoms with van der Waals surface area (Å²) in [5, 5.41) is 0. The van der Waals surface area contributed by atoms with Crippen molar-refractivity contribution in [2.75, 3.05) is 0 Å². The minimum Gasteiger partial charge on any atom is -0.445 e. The van der Waals surface area contributed by atoms with Gasteiger partial charge in [-0.2, -0.15) is 0 Å². The summed E-state index contributed by atoms with van der Waals surface area (Å²) in [5.74, 6) is -1.01. The lowest BCUT2D eigenvalue weighted by Crippen LogP contribution is -2.53. The number of fused-ring (bicyclic) bond motifs is 1. The smallest absolute Gasteiger partial charge is 0.339 e. The molecule has 0 aromatic heterocycles. The molecule has 0 atom stereocenters. The van der Waals surface area contributed by atoms with Gasteiger partial charge in [-0.3, -0.25) is 4.79 Å². The molecule has 3 rings (SSSR count). The molecule has 4 nitrogen and oxygen atoms in total. The summed E-state index contributed by atoms with van der Waals surface area (Å²) in [4.78, 5) is 23.5. The maximum absolute atomic E-state index is 12.1. The molecule has 18 heavy (non-hydrogen) atoms. The molecule has 3 aliphatic rings. The van der Waals surface area contributed by atoms with Crippen LogP contribution in [-0.4, -0.2) is 17.5 Å². The number of allylic oxidation sites excluding steroid dienone is 6. The molecular formula is C14H13NO3. The van der Waals surface area contributed by atoms with E-state index in [1.54, 1.807) is 6.08 Å². The number of carbonyl (C=O) groups is 2. The van der Waals surface area contributed by atoms with E-state index in [4.69, 9.17) is 10.5 Å². The number of primary amides is 1. The number of esters is 1. The van der Waals surface area contributed by atoms with Gasteiger partial charge in [-0.1, -0.05) is 24.3 Å². The summed E-state index contributed by atoms with van der Waals surface area (Å²) in [6, 6.07) is 0. The Morgan fingerprint density at radius 1 is 1.22 bits per heavy atom. The summed E-state index contributed by atoms with van der Waals surface area (Å²) in [7, 11) is 0. The number of nitrogens with two attached hydrogens (primary N) is 1. The van der Waals surface area contributed by atoms with Gasteiger partial charge in [-0.15, -0.1) is 0 Å². The summed E-state index contributed by atoms with van der Waals surface area (Å²) < 4.78 is 5.34. The Hall–Kier alpha value is -2.10. The monoisotopic (exact) mass is 243 g/mol. The second-order valence-electron chi connectivity index (χ2n) is 4.74. The van der Waals surface area contributed by atoms with Crippen LogP contribution in [0.3, 0.4) is 0 Å². The average molecular weight is 243 g/mol. The largest absolute Gasteiger partial charge is 0.445 e. The van der Waals surface area contributed by atoms with Crippen LogP contribution in [0.15, 0.2) is 47.1 Å². The highest BCUT2D eigenvalue weighted by atomic mass is 16.6. The summed E-state index contributed by atoms with van der Waals surface area (Å²) in [6.45, 7) is 0. The molecule has 0 aliphatic heterocycles. The van der Waals surface area contributed by atoms with Crippen molar-refractivity contribution in [1.82, 2.24) is 0 Å². The SMILES string of the molecule is NC(=O)C1(OC(=O)C2=CC=C3C=CC=C32)CCC1. The lowest BCUT2D eigenvalue weighted by molar-refractivity contribution is -0.173. The van der Waals surface area contributed by atoms with Crippen LogP contribution in [0.2, 0.25) is 0 Å². The fourth-order valence-electron chi connectivity index (χ4n) is 2.39. The third-order valence-electron chi connectivity index (χ3n) is 3.69. The van der Waals surface area contributed by atoms with Crippen LogP contribution in [0.25, 0.3) is 0 Å². The Balaban J connectivity index is 1.76. The Bertz CT molecular complexity index is 560. The molecule has 1 saturated carbocycles. The highest BCUT2D eigenvalue weighted by molar-refractivity contribution is 6.00. The van der Waals surface area contributed by atoms with Crippen molar-refractivity contribution in [2.45, 2.75) is 24.9 Å². The number of hydrogen-bond acceptors (Lipinski definition) is 3. The zero-order chi connectivity index (χ0) is 12.8. The molecule has 0 bridgehead atoms. The third kappa shape index (κ3) is 1.45. The van der Waals surface area contributed by atoms with Crippen molar-refractivity contribution >= 4 is 11.9 Å². The van der Waals surface area contributed by atoms with E-state index in [9.17, 15) is 9.59 Å². The van der Waals surface area contributed by atoms with Gasteiger partial charge in [0.15, 0.2) is 5.60 Å². The summed E-state index contributed by atoms with van der Waals surface area (Å²) in [5.41, 5.74) is 6.60. The number of carbonyl (C=O) groups excluding carboxylic acids is 2. The lowest BCUT2D eigenvalue weighted by Gasteiger charge is -2.37. The lowest BCUT2D eigenvalue weighted by atomic mass is 9.79. The summed E-state index contributed by atoms with van der Waals surface area (Å²) >= 11 is 0. The predicted octanol–water partition coefficient (Wildman–Crippen LogP) is 1.30. The number of rotatable bonds is 3. The third-order valence-corrected chi connectivity index (χ3v) is 3.69. The molecule has 0 radical (unpaired) electrons. The van der Waals surface area contributed by atoms with Crippen molar-refractivity contribution in [1.29, 1.82) is 0 Å². The van der Waals surface area contributed by atoms with Gasteiger partial charge in [0, 0.05) is 0 Å². The Morgan fingerprint density at radius 3 is 2.61 bits per heavy atom. The first-order valence-corrected chi connectivity index (χ1v) is 5.97. The van der Waals surface area contributed by atoms with Crippen molar-refractivity contribution in [3.05, 3.63) is 47.1 Å². The zero-order valence-electron chi connectivity index (χ0n) is 9.81. The molecule has 0 aromatic carbocycles. The molecule has 0 aromatic rings.